The number of thiophene rings is 1. The Morgan fingerprint density at radius 3 is 2.82 bits per heavy atom. The number of carboxylic acids is 1. The van der Waals surface area contributed by atoms with E-state index < -0.39 is 17.9 Å². The number of nitrogens with zero attached hydrogens (tertiary/aromatic N) is 2. The van der Waals surface area contributed by atoms with Gasteiger partial charge in [0.25, 0.3) is 5.91 Å². The normalized spacial score (nSPS) is 19.0. The molecule has 0 saturated carbocycles. The molecule has 6 nitrogen and oxygen atoms in total. The van der Waals surface area contributed by atoms with Gasteiger partial charge in [-0.2, -0.15) is 0 Å². The molecule has 0 aromatic carbocycles. The molecule has 22 heavy (non-hydrogen) atoms. The first-order valence-electron chi connectivity index (χ1n) is 7.24. The van der Waals surface area contributed by atoms with E-state index in [4.69, 9.17) is 5.11 Å². The minimum atomic E-state index is -0.933. The molecule has 1 aromatic heterocycles. The Kier molecular flexibility index (Phi) is 5.18. The van der Waals surface area contributed by atoms with Crippen LogP contribution in [0.5, 0.6) is 0 Å². The summed E-state index contributed by atoms with van der Waals surface area (Å²) in [5, 5.41) is 10.8. The molecule has 2 unspecified atom stereocenters. The van der Waals surface area contributed by atoms with Crippen molar-refractivity contribution in [3.05, 3.63) is 22.4 Å². The highest BCUT2D eigenvalue weighted by atomic mass is 32.1. The number of hydrogen-bond acceptors (Lipinski definition) is 4. The molecule has 1 aromatic rings. The zero-order valence-electron chi connectivity index (χ0n) is 12.7. The first kappa shape index (κ1) is 16.5. The van der Waals surface area contributed by atoms with Crippen molar-refractivity contribution in [3.8, 4) is 0 Å². The fourth-order valence-corrected chi connectivity index (χ4v) is 3.32. The number of carbonyl (C=O) groups is 3. The Bertz CT molecular complexity index is 558. The molecule has 2 heterocycles. The Balaban J connectivity index is 2.05. The van der Waals surface area contributed by atoms with Gasteiger partial charge in [-0.1, -0.05) is 13.0 Å². The van der Waals surface area contributed by atoms with Gasteiger partial charge in [0.1, 0.15) is 6.04 Å². The predicted octanol–water partition coefficient (Wildman–Crippen LogP) is 1.53. The Morgan fingerprint density at radius 1 is 1.50 bits per heavy atom. The first-order chi connectivity index (χ1) is 10.4. The van der Waals surface area contributed by atoms with Crippen LogP contribution in [-0.2, 0) is 9.59 Å². The van der Waals surface area contributed by atoms with Gasteiger partial charge in [-0.3, -0.25) is 14.4 Å². The smallest absolute Gasteiger partial charge is 0.308 e. The molecule has 0 radical (unpaired) electrons. The zero-order chi connectivity index (χ0) is 16.3. The molecule has 1 saturated heterocycles. The van der Waals surface area contributed by atoms with Crippen molar-refractivity contribution < 1.29 is 19.5 Å². The second kappa shape index (κ2) is 6.91. The molecule has 1 fully saturated rings. The quantitative estimate of drug-likeness (QED) is 0.891. The highest BCUT2D eigenvalue weighted by Gasteiger charge is 2.36. The summed E-state index contributed by atoms with van der Waals surface area (Å²) in [6, 6.07) is 3.08. The van der Waals surface area contributed by atoms with E-state index in [9.17, 15) is 14.4 Å². The molecule has 120 valence electrons. The molecule has 0 aliphatic carbocycles. The van der Waals surface area contributed by atoms with Crippen LogP contribution in [0.25, 0.3) is 0 Å². The molecule has 2 amide bonds. The summed E-state index contributed by atoms with van der Waals surface area (Å²) in [6.45, 7) is 2.27. The number of hydrogen-bond donors (Lipinski definition) is 1. The predicted molar refractivity (Wildman–Crippen MR) is 82.8 cm³/mol. The minimum absolute atomic E-state index is 0.120. The van der Waals surface area contributed by atoms with Crippen LogP contribution >= 0.6 is 11.3 Å². The summed E-state index contributed by atoms with van der Waals surface area (Å²) in [5.74, 6) is -1.87. The Morgan fingerprint density at radius 2 is 2.23 bits per heavy atom. The average Bonchev–Trinajstić information content (AvgIpc) is 3.16. The van der Waals surface area contributed by atoms with Crippen LogP contribution in [0.1, 0.15) is 29.4 Å². The lowest BCUT2D eigenvalue weighted by molar-refractivity contribution is -0.143. The summed E-state index contributed by atoms with van der Waals surface area (Å²) in [4.78, 5) is 39.5. The van der Waals surface area contributed by atoms with E-state index >= 15 is 0 Å². The summed E-state index contributed by atoms with van der Waals surface area (Å²) >= 11 is 1.36. The monoisotopic (exact) mass is 324 g/mol. The van der Waals surface area contributed by atoms with E-state index in [-0.39, 0.29) is 18.4 Å². The highest BCUT2D eigenvalue weighted by Crippen LogP contribution is 2.23. The van der Waals surface area contributed by atoms with Crippen molar-refractivity contribution in [1.82, 2.24) is 9.80 Å². The van der Waals surface area contributed by atoms with Crippen molar-refractivity contribution in [1.29, 1.82) is 0 Å². The summed E-state index contributed by atoms with van der Waals surface area (Å²) in [7, 11) is 1.59. The fourth-order valence-electron chi connectivity index (χ4n) is 2.64. The van der Waals surface area contributed by atoms with Gasteiger partial charge in [0.15, 0.2) is 0 Å². The third-order valence-corrected chi connectivity index (χ3v) is 4.73. The van der Waals surface area contributed by atoms with Crippen LogP contribution in [0.4, 0.5) is 0 Å². The average molecular weight is 324 g/mol. The third kappa shape index (κ3) is 3.47. The van der Waals surface area contributed by atoms with Gasteiger partial charge in [0.05, 0.1) is 10.8 Å². The topological polar surface area (TPSA) is 77.9 Å². The van der Waals surface area contributed by atoms with Crippen molar-refractivity contribution >= 4 is 29.1 Å². The molecule has 1 aliphatic heterocycles. The van der Waals surface area contributed by atoms with Gasteiger partial charge >= 0.3 is 5.97 Å². The SMILES string of the molecule is CC(CN(C)C(=O)C1CCCN1C(=O)c1cccs1)C(=O)O. The van der Waals surface area contributed by atoms with Crippen molar-refractivity contribution in [3.63, 3.8) is 0 Å². The molecule has 0 spiro atoms. The van der Waals surface area contributed by atoms with E-state index in [0.29, 0.717) is 17.8 Å². The van der Waals surface area contributed by atoms with Gasteiger partial charge in [0, 0.05) is 20.1 Å². The number of amides is 2. The van der Waals surface area contributed by atoms with Gasteiger partial charge in [-0.25, -0.2) is 0 Å². The number of carboxylic acid groups (broad SMARTS) is 1. The van der Waals surface area contributed by atoms with Gasteiger partial charge < -0.3 is 14.9 Å². The first-order valence-corrected chi connectivity index (χ1v) is 8.12. The van der Waals surface area contributed by atoms with Gasteiger partial charge in [0.2, 0.25) is 5.91 Å². The molecular weight excluding hydrogens is 304 g/mol. The molecule has 1 aliphatic rings. The Labute approximate surface area is 133 Å². The Hall–Kier alpha value is -1.89. The molecule has 2 rings (SSSR count). The minimum Gasteiger partial charge on any atom is -0.481 e. The molecule has 2 atom stereocenters. The van der Waals surface area contributed by atoms with Crippen molar-refractivity contribution in [2.45, 2.75) is 25.8 Å². The lowest BCUT2D eigenvalue weighted by Gasteiger charge is -2.28. The lowest BCUT2D eigenvalue weighted by atomic mass is 10.1. The number of aliphatic carboxylic acids is 1. The van der Waals surface area contributed by atoms with Crippen molar-refractivity contribution in [2.75, 3.05) is 20.1 Å². The van der Waals surface area contributed by atoms with E-state index in [1.54, 1.807) is 24.9 Å². The van der Waals surface area contributed by atoms with Crippen LogP contribution in [-0.4, -0.2) is 58.9 Å². The van der Waals surface area contributed by atoms with Gasteiger partial charge in [-0.15, -0.1) is 11.3 Å². The summed E-state index contributed by atoms with van der Waals surface area (Å²) in [6.07, 6.45) is 1.41. The number of carbonyl (C=O) groups excluding carboxylic acids is 2. The van der Waals surface area contributed by atoms with E-state index in [2.05, 4.69) is 0 Å². The second-order valence-electron chi connectivity index (χ2n) is 5.59. The summed E-state index contributed by atoms with van der Waals surface area (Å²) < 4.78 is 0. The molecule has 7 heteroatoms. The zero-order valence-corrected chi connectivity index (χ0v) is 13.5. The number of rotatable bonds is 5. The largest absolute Gasteiger partial charge is 0.481 e. The van der Waals surface area contributed by atoms with Crippen LogP contribution in [0.3, 0.4) is 0 Å². The second-order valence-corrected chi connectivity index (χ2v) is 6.54. The molecule has 0 bridgehead atoms. The third-order valence-electron chi connectivity index (χ3n) is 3.88. The fraction of sp³-hybridized carbons (Fsp3) is 0.533. The van der Waals surface area contributed by atoms with Crippen LogP contribution in [0.15, 0.2) is 17.5 Å². The maximum atomic E-state index is 12.5. The maximum absolute atomic E-state index is 12.5. The van der Waals surface area contributed by atoms with Crippen LogP contribution in [0, 0.1) is 5.92 Å². The molecular formula is C15H20N2O4S. The highest BCUT2D eigenvalue weighted by molar-refractivity contribution is 7.12. The van der Waals surface area contributed by atoms with Crippen LogP contribution < -0.4 is 0 Å². The maximum Gasteiger partial charge on any atom is 0.308 e. The van der Waals surface area contributed by atoms with E-state index in [1.165, 1.54) is 16.2 Å². The van der Waals surface area contributed by atoms with Crippen LogP contribution in [0.2, 0.25) is 0 Å². The van der Waals surface area contributed by atoms with E-state index in [0.717, 1.165) is 6.42 Å². The number of likely N-dealkylation sites (tertiary alicyclic amines) is 1. The molecule has 1 N–H and O–H groups in total. The van der Waals surface area contributed by atoms with E-state index in [1.807, 2.05) is 11.4 Å². The number of likely N-dealkylation sites (N-methyl/N-ethyl adjacent to an activating group) is 1. The van der Waals surface area contributed by atoms with Crippen molar-refractivity contribution in [2.24, 2.45) is 5.92 Å². The summed E-state index contributed by atoms with van der Waals surface area (Å²) in [5.41, 5.74) is 0. The van der Waals surface area contributed by atoms with Gasteiger partial charge in [-0.05, 0) is 24.3 Å². The lowest BCUT2D eigenvalue weighted by Crippen LogP contribution is -2.47. The standard InChI is InChI=1S/C15H20N2O4S/c1-10(15(20)21)9-16(2)13(18)11-5-3-7-17(11)14(19)12-6-4-8-22-12/h4,6,8,10-11H,3,5,7,9H2,1-2H3,(H,20,21).